The van der Waals surface area contributed by atoms with Gasteiger partial charge < -0.3 is 20.5 Å². The molecule has 0 aliphatic carbocycles. The second-order valence-corrected chi connectivity index (χ2v) is 2.40. The van der Waals surface area contributed by atoms with E-state index in [0.717, 1.165) is 5.39 Å². The first kappa shape index (κ1) is 7.02. The van der Waals surface area contributed by atoms with Gasteiger partial charge in [-0.25, -0.2) is 4.98 Å². The van der Waals surface area contributed by atoms with E-state index in [0.29, 0.717) is 17.3 Å². The van der Waals surface area contributed by atoms with Gasteiger partial charge in [0.25, 0.3) is 0 Å². The fourth-order valence-electron chi connectivity index (χ4n) is 1.06. The Bertz CT molecular complexity index is 405. The van der Waals surface area contributed by atoms with E-state index < -0.39 is 0 Å². The van der Waals surface area contributed by atoms with Gasteiger partial charge in [0.15, 0.2) is 0 Å². The van der Waals surface area contributed by atoms with E-state index >= 15 is 0 Å². The number of rotatable bonds is 1. The van der Waals surface area contributed by atoms with Crippen LogP contribution in [0, 0.1) is 6.92 Å². The van der Waals surface area contributed by atoms with Gasteiger partial charge in [0.05, 0.1) is 0 Å². The van der Waals surface area contributed by atoms with Crippen LogP contribution in [0.3, 0.4) is 0 Å². The summed E-state index contributed by atoms with van der Waals surface area (Å²) in [6.07, 6.45) is 1.62. The first-order valence-corrected chi connectivity index (χ1v) is 3.54. The molecule has 12 heavy (non-hydrogen) atoms. The Labute approximate surface area is 69.2 Å². The van der Waals surface area contributed by atoms with Gasteiger partial charge in [0.1, 0.15) is 5.65 Å². The van der Waals surface area contributed by atoms with Crippen molar-refractivity contribution in [3.05, 3.63) is 17.3 Å². The summed E-state index contributed by atoms with van der Waals surface area (Å²) in [6.45, 7) is 1.81. The summed E-state index contributed by atoms with van der Waals surface area (Å²) in [4.78, 5) is 8.23. The third kappa shape index (κ3) is 0.903. The lowest BCUT2D eigenvalue weighted by Crippen LogP contribution is -1.88. The zero-order valence-corrected chi connectivity index (χ0v) is 6.81. The van der Waals surface area contributed by atoms with E-state index in [4.69, 9.17) is 0 Å². The summed E-state index contributed by atoms with van der Waals surface area (Å²) in [6, 6.07) is 0. The van der Waals surface area contributed by atoms with E-state index in [-0.39, 0.29) is 0 Å². The number of hydrogen-bond acceptors (Lipinski definition) is 3. The minimum atomic E-state index is 0.614. The molecule has 0 bridgehead atoms. The number of nitrogens with zero attached hydrogens (tertiary/aromatic N) is 5. The van der Waals surface area contributed by atoms with Crippen LogP contribution >= 0.6 is 0 Å². The Morgan fingerprint density at radius 3 is 3.00 bits per heavy atom. The molecule has 0 aromatic carbocycles. The van der Waals surface area contributed by atoms with Crippen molar-refractivity contribution < 1.29 is 0 Å². The van der Waals surface area contributed by atoms with Gasteiger partial charge in [0, 0.05) is 5.82 Å². The molecule has 0 aliphatic rings. The molecule has 5 nitrogen and oxygen atoms in total. The van der Waals surface area contributed by atoms with Crippen molar-refractivity contribution in [2.24, 2.45) is 0 Å². The molecule has 0 N–H and O–H groups in total. The van der Waals surface area contributed by atoms with E-state index in [1.807, 2.05) is 6.92 Å². The number of aryl methyl sites for hydroxylation is 1. The fourth-order valence-corrected chi connectivity index (χ4v) is 1.06. The fraction of sp³-hybridized carbons (Fsp3) is 0.286. The summed E-state index contributed by atoms with van der Waals surface area (Å²) >= 11 is 0. The van der Waals surface area contributed by atoms with Gasteiger partial charge in [-0.3, -0.25) is 0 Å². The molecule has 0 saturated carbocycles. The molecule has 2 aromatic heterocycles. The Morgan fingerprint density at radius 2 is 2.25 bits per heavy atom. The maximum atomic E-state index is 4.13. The van der Waals surface area contributed by atoms with Gasteiger partial charge in [-0.2, -0.15) is 6.20 Å². The monoisotopic (exact) mass is 161 g/mol. The van der Waals surface area contributed by atoms with Crippen molar-refractivity contribution in [3.8, 4) is 0 Å². The second kappa shape index (κ2) is 2.44. The highest BCUT2D eigenvalue weighted by atomic mass is 15.2. The Hall–Kier alpha value is -1.65. The zero-order valence-electron chi connectivity index (χ0n) is 6.81. The van der Waals surface area contributed by atoms with Crippen LogP contribution in [0.15, 0.2) is 6.20 Å². The Balaban J connectivity index is 2.80. The van der Waals surface area contributed by atoms with Crippen LogP contribution in [0.25, 0.3) is 16.4 Å². The average molecular weight is 161 g/mol. The first-order chi connectivity index (χ1) is 5.81. The van der Waals surface area contributed by atoms with Gasteiger partial charge in [-0.15, -0.1) is 0 Å². The van der Waals surface area contributed by atoms with E-state index in [1.54, 1.807) is 13.2 Å². The third-order valence-corrected chi connectivity index (χ3v) is 1.57. The van der Waals surface area contributed by atoms with Crippen LogP contribution in [-0.4, -0.2) is 22.1 Å². The molecular weight excluding hydrogens is 154 g/mol. The summed E-state index contributed by atoms with van der Waals surface area (Å²) in [5.41, 5.74) is 0.614. The zero-order chi connectivity index (χ0) is 8.55. The van der Waals surface area contributed by atoms with Crippen molar-refractivity contribution in [3.63, 3.8) is 0 Å². The molecule has 0 unspecified atom stereocenters. The minimum absolute atomic E-state index is 0.614. The standard InChI is InChI=1S/C7H7N5/c1-4-10-6(8-2)5-3-9-12-7(5)11-4/h3H,1-2H3/q-2. The van der Waals surface area contributed by atoms with Gasteiger partial charge in [-0.05, 0) is 12.3 Å². The maximum absolute atomic E-state index is 4.13. The molecule has 0 aliphatic heterocycles. The van der Waals surface area contributed by atoms with E-state index in [9.17, 15) is 0 Å². The molecule has 0 amide bonds. The maximum Gasteiger partial charge on any atom is 0.138 e. The predicted octanol–water partition coefficient (Wildman–Crippen LogP) is 0.925. The highest BCUT2D eigenvalue weighted by Gasteiger charge is 1.93. The SMILES string of the molecule is C[N-]c1nc(C)nc2n[n-]cc12. The van der Waals surface area contributed by atoms with Crippen molar-refractivity contribution >= 4 is 16.9 Å². The molecule has 5 heteroatoms. The molecule has 2 aromatic rings. The molecule has 2 heterocycles. The van der Waals surface area contributed by atoms with E-state index in [1.165, 1.54) is 0 Å². The summed E-state index contributed by atoms with van der Waals surface area (Å²) in [5, 5.41) is 12.4. The molecular formula is C7H7N5-2. The molecule has 0 atom stereocenters. The van der Waals surface area contributed by atoms with Gasteiger partial charge in [0.2, 0.25) is 0 Å². The molecule has 0 fully saturated rings. The molecule has 0 saturated heterocycles. The lowest BCUT2D eigenvalue weighted by molar-refractivity contribution is 1.04. The van der Waals surface area contributed by atoms with Crippen LogP contribution < -0.4 is 5.10 Å². The predicted molar refractivity (Wildman–Crippen MR) is 44.3 cm³/mol. The van der Waals surface area contributed by atoms with Crippen LogP contribution in [0.4, 0.5) is 5.82 Å². The van der Waals surface area contributed by atoms with Crippen LogP contribution in [0.5, 0.6) is 0 Å². The largest absolute Gasteiger partial charge is 0.579 e. The highest BCUT2D eigenvalue weighted by molar-refractivity contribution is 5.86. The summed E-state index contributed by atoms with van der Waals surface area (Å²) < 4.78 is 0. The molecule has 0 radical (unpaired) electrons. The van der Waals surface area contributed by atoms with Gasteiger partial charge >= 0.3 is 0 Å². The third-order valence-electron chi connectivity index (χ3n) is 1.57. The molecule has 2 rings (SSSR count). The second-order valence-electron chi connectivity index (χ2n) is 2.40. The Kier molecular flexibility index (Phi) is 1.43. The quantitative estimate of drug-likeness (QED) is 0.623. The minimum Gasteiger partial charge on any atom is -0.579 e. The van der Waals surface area contributed by atoms with Crippen molar-refractivity contribution in [1.29, 1.82) is 0 Å². The summed E-state index contributed by atoms with van der Waals surface area (Å²) in [7, 11) is 1.69. The lowest BCUT2D eigenvalue weighted by Gasteiger charge is -2.12. The topological polar surface area (TPSA) is 66.9 Å². The van der Waals surface area contributed by atoms with Crippen LogP contribution in [0.1, 0.15) is 5.82 Å². The van der Waals surface area contributed by atoms with Crippen molar-refractivity contribution in [1.82, 2.24) is 20.2 Å². The van der Waals surface area contributed by atoms with Crippen LogP contribution in [-0.2, 0) is 0 Å². The van der Waals surface area contributed by atoms with Crippen LogP contribution in [0.2, 0.25) is 0 Å². The lowest BCUT2D eigenvalue weighted by atomic mass is 10.4. The van der Waals surface area contributed by atoms with Crippen molar-refractivity contribution in [2.75, 3.05) is 7.05 Å². The normalized spacial score (nSPS) is 10.5. The molecule has 0 spiro atoms. The summed E-state index contributed by atoms with van der Waals surface area (Å²) in [5.74, 6) is 1.33. The smallest absolute Gasteiger partial charge is 0.138 e. The number of hydrogen-bond donors (Lipinski definition) is 0. The number of fused-ring (bicyclic) bond motifs is 1. The average Bonchev–Trinajstić information content (AvgIpc) is 2.50. The number of aromatic nitrogens is 4. The van der Waals surface area contributed by atoms with E-state index in [2.05, 4.69) is 25.5 Å². The Morgan fingerprint density at radius 1 is 1.42 bits per heavy atom. The first-order valence-electron chi connectivity index (χ1n) is 3.54. The highest BCUT2D eigenvalue weighted by Crippen LogP contribution is 2.22. The van der Waals surface area contributed by atoms with Crippen molar-refractivity contribution in [2.45, 2.75) is 6.92 Å². The molecule has 62 valence electrons. The van der Waals surface area contributed by atoms with Gasteiger partial charge in [-0.1, -0.05) is 12.9 Å².